The second-order valence-electron chi connectivity index (χ2n) is 4.22. The summed E-state index contributed by atoms with van der Waals surface area (Å²) in [5, 5.41) is 4.14. The Labute approximate surface area is 117 Å². The first-order chi connectivity index (χ1) is 9.63. The third kappa shape index (κ3) is 3.09. The maximum atomic E-state index is 11.6. The second kappa shape index (κ2) is 6.10. The van der Waals surface area contributed by atoms with Gasteiger partial charge in [-0.25, -0.2) is 4.79 Å². The lowest BCUT2D eigenvalue weighted by Gasteiger charge is -2.09. The van der Waals surface area contributed by atoms with Gasteiger partial charge in [0.15, 0.2) is 0 Å². The van der Waals surface area contributed by atoms with Gasteiger partial charge < -0.3 is 15.2 Å². The van der Waals surface area contributed by atoms with Crippen LogP contribution in [0, 0.1) is 0 Å². The molecule has 2 rings (SSSR count). The highest BCUT2D eigenvalue weighted by atomic mass is 16.5. The Kier molecular flexibility index (Phi) is 4.24. The van der Waals surface area contributed by atoms with E-state index in [0.717, 1.165) is 5.56 Å². The van der Waals surface area contributed by atoms with Crippen LogP contribution in [-0.4, -0.2) is 29.5 Å². The number of carbonyl (C=O) groups is 1. The molecule has 0 aliphatic heterocycles. The summed E-state index contributed by atoms with van der Waals surface area (Å²) in [6, 6.07) is 5.43. The van der Waals surface area contributed by atoms with Crippen molar-refractivity contribution in [3.63, 3.8) is 0 Å². The molecule has 0 radical (unpaired) electrons. The van der Waals surface area contributed by atoms with Crippen LogP contribution < -0.4 is 10.5 Å². The number of hydrogen-bond donors (Lipinski definition) is 1. The number of methoxy groups -OCH3 is 1. The highest BCUT2D eigenvalue weighted by molar-refractivity contribution is 5.88. The Balaban J connectivity index is 2.16. The molecule has 0 bridgehead atoms. The predicted molar refractivity (Wildman–Crippen MR) is 74.7 cm³/mol. The van der Waals surface area contributed by atoms with E-state index in [-0.39, 0.29) is 5.97 Å². The van der Waals surface area contributed by atoms with Crippen molar-refractivity contribution in [2.24, 2.45) is 0 Å². The second-order valence-corrected chi connectivity index (χ2v) is 4.22. The Morgan fingerprint density at radius 1 is 1.45 bits per heavy atom. The fourth-order valence-corrected chi connectivity index (χ4v) is 1.84. The molecule has 6 heteroatoms. The van der Waals surface area contributed by atoms with Gasteiger partial charge in [0, 0.05) is 23.5 Å². The van der Waals surface area contributed by atoms with E-state index in [1.807, 2.05) is 6.07 Å². The molecule has 1 aromatic carbocycles. The van der Waals surface area contributed by atoms with Crippen molar-refractivity contribution in [1.82, 2.24) is 9.78 Å². The minimum absolute atomic E-state index is 0.343. The maximum absolute atomic E-state index is 11.6. The first kappa shape index (κ1) is 13.9. The molecule has 6 nitrogen and oxygen atoms in total. The summed E-state index contributed by atoms with van der Waals surface area (Å²) in [5.41, 5.74) is 7.71. The minimum Gasteiger partial charge on any atom is -0.496 e. The van der Waals surface area contributed by atoms with Gasteiger partial charge in [-0.05, 0) is 13.0 Å². The van der Waals surface area contributed by atoms with Gasteiger partial charge in [0.05, 0.1) is 32.0 Å². The van der Waals surface area contributed by atoms with E-state index in [2.05, 4.69) is 5.10 Å². The van der Waals surface area contributed by atoms with Crippen molar-refractivity contribution < 1.29 is 14.3 Å². The molecule has 106 valence electrons. The fourth-order valence-electron chi connectivity index (χ4n) is 1.84. The van der Waals surface area contributed by atoms with Crippen LogP contribution in [0.5, 0.6) is 5.75 Å². The zero-order chi connectivity index (χ0) is 14.5. The summed E-state index contributed by atoms with van der Waals surface area (Å²) in [7, 11) is 1.59. The van der Waals surface area contributed by atoms with Crippen LogP contribution in [-0.2, 0) is 11.3 Å². The van der Waals surface area contributed by atoms with Crippen molar-refractivity contribution in [2.75, 3.05) is 19.5 Å². The molecular weight excluding hydrogens is 258 g/mol. The standard InChI is InChI=1S/C14H17N3O3/c1-3-20-14(18)11-7-16-17(9-11)8-10-4-5-12(15)6-13(10)19-2/h4-7,9H,3,8,15H2,1-2H3. The van der Waals surface area contributed by atoms with Gasteiger partial charge in [0.2, 0.25) is 0 Å². The first-order valence-corrected chi connectivity index (χ1v) is 6.26. The number of esters is 1. The quantitative estimate of drug-likeness (QED) is 0.663. The normalized spacial score (nSPS) is 10.3. The Morgan fingerprint density at radius 3 is 2.95 bits per heavy atom. The first-order valence-electron chi connectivity index (χ1n) is 6.26. The average molecular weight is 275 g/mol. The monoisotopic (exact) mass is 275 g/mol. The van der Waals surface area contributed by atoms with Gasteiger partial charge in [-0.2, -0.15) is 5.10 Å². The van der Waals surface area contributed by atoms with E-state index in [4.69, 9.17) is 15.2 Å². The van der Waals surface area contributed by atoms with Crippen LogP contribution in [0.15, 0.2) is 30.6 Å². The smallest absolute Gasteiger partial charge is 0.341 e. The third-order valence-corrected chi connectivity index (χ3v) is 2.79. The summed E-state index contributed by atoms with van der Waals surface area (Å²) < 4.78 is 11.9. The van der Waals surface area contributed by atoms with Crippen LogP contribution in [0.3, 0.4) is 0 Å². The molecule has 0 aliphatic carbocycles. The topological polar surface area (TPSA) is 79.4 Å². The van der Waals surface area contributed by atoms with Crippen molar-refractivity contribution in [3.05, 3.63) is 41.7 Å². The van der Waals surface area contributed by atoms with E-state index < -0.39 is 0 Å². The number of nitrogens with zero attached hydrogens (tertiary/aromatic N) is 2. The predicted octanol–water partition coefficient (Wildman–Crippen LogP) is 1.70. The van der Waals surface area contributed by atoms with Crippen LogP contribution in [0.4, 0.5) is 5.69 Å². The van der Waals surface area contributed by atoms with Crippen LogP contribution in [0.1, 0.15) is 22.8 Å². The Bertz CT molecular complexity index is 607. The van der Waals surface area contributed by atoms with Gasteiger partial charge >= 0.3 is 5.97 Å². The molecule has 0 amide bonds. The lowest BCUT2D eigenvalue weighted by molar-refractivity contribution is 0.0526. The van der Waals surface area contributed by atoms with Gasteiger partial charge in [-0.3, -0.25) is 4.68 Å². The zero-order valence-electron chi connectivity index (χ0n) is 11.5. The molecule has 0 aliphatic rings. The molecule has 1 aromatic heterocycles. The minimum atomic E-state index is -0.372. The van der Waals surface area contributed by atoms with Crippen molar-refractivity contribution in [3.8, 4) is 5.75 Å². The van der Waals surface area contributed by atoms with Gasteiger partial charge in [0.1, 0.15) is 5.75 Å². The number of ether oxygens (including phenoxy) is 2. The largest absolute Gasteiger partial charge is 0.496 e. The molecule has 0 atom stereocenters. The number of aromatic nitrogens is 2. The van der Waals surface area contributed by atoms with Crippen molar-refractivity contribution in [2.45, 2.75) is 13.5 Å². The third-order valence-electron chi connectivity index (χ3n) is 2.79. The highest BCUT2D eigenvalue weighted by Crippen LogP contribution is 2.22. The molecule has 0 saturated carbocycles. The van der Waals surface area contributed by atoms with E-state index in [1.54, 1.807) is 37.0 Å². The summed E-state index contributed by atoms with van der Waals surface area (Å²) in [6.07, 6.45) is 3.13. The molecule has 1 heterocycles. The molecule has 0 fully saturated rings. The van der Waals surface area contributed by atoms with Gasteiger partial charge in [0.25, 0.3) is 0 Å². The lowest BCUT2D eigenvalue weighted by Crippen LogP contribution is -2.05. The zero-order valence-corrected chi connectivity index (χ0v) is 11.5. The fraction of sp³-hybridized carbons (Fsp3) is 0.286. The van der Waals surface area contributed by atoms with Crippen LogP contribution in [0.25, 0.3) is 0 Å². The number of nitrogens with two attached hydrogens (primary N) is 1. The molecule has 0 spiro atoms. The highest BCUT2D eigenvalue weighted by Gasteiger charge is 2.11. The molecular formula is C14H17N3O3. The van der Waals surface area contributed by atoms with Crippen LogP contribution >= 0.6 is 0 Å². The summed E-state index contributed by atoms with van der Waals surface area (Å²) in [5.74, 6) is 0.321. The summed E-state index contributed by atoms with van der Waals surface area (Å²) in [4.78, 5) is 11.6. The number of benzene rings is 1. The number of rotatable bonds is 5. The van der Waals surface area contributed by atoms with Crippen LogP contribution in [0.2, 0.25) is 0 Å². The van der Waals surface area contributed by atoms with Gasteiger partial charge in [-0.1, -0.05) is 6.07 Å². The SMILES string of the molecule is CCOC(=O)c1cnn(Cc2ccc(N)cc2OC)c1. The van der Waals surface area contributed by atoms with Crippen molar-refractivity contribution >= 4 is 11.7 Å². The maximum Gasteiger partial charge on any atom is 0.341 e. The average Bonchev–Trinajstić information content (AvgIpc) is 2.89. The van der Waals surface area contributed by atoms with E-state index in [1.165, 1.54) is 6.20 Å². The molecule has 0 saturated heterocycles. The lowest BCUT2D eigenvalue weighted by atomic mass is 10.2. The number of anilines is 1. The summed E-state index contributed by atoms with van der Waals surface area (Å²) in [6.45, 7) is 2.60. The van der Waals surface area contributed by atoms with E-state index >= 15 is 0 Å². The molecule has 20 heavy (non-hydrogen) atoms. The number of carbonyl (C=O) groups excluding carboxylic acids is 1. The number of nitrogen functional groups attached to an aromatic ring is 1. The van der Waals surface area contributed by atoms with E-state index in [0.29, 0.717) is 30.2 Å². The Hall–Kier alpha value is -2.50. The Morgan fingerprint density at radius 2 is 2.25 bits per heavy atom. The van der Waals surface area contributed by atoms with Crippen molar-refractivity contribution in [1.29, 1.82) is 0 Å². The molecule has 2 aromatic rings. The molecule has 2 N–H and O–H groups in total. The number of hydrogen-bond acceptors (Lipinski definition) is 5. The molecule has 0 unspecified atom stereocenters. The van der Waals surface area contributed by atoms with E-state index in [9.17, 15) is 4.79 Å². The van der Waals surface area contributed by atoms with Gasteiger partial charge in [-0.15, -0.1) is 0 Å². The summed E-state index contributed by atoms with van der Waals surface area (Å²) >= 11 is 0.